The Morgan fingerprint density at radius 3 is 2.62 bits per heavy atom. The number of rotatable bonds is 7. The van der Waals surface area contributed by atoms with Gasteiger partial charge in [-0.1, -0.05) is 17.7 Å². The topological polar surface area (TPSA) is 81.3 Å². The van der Waals surface area contributed by atoms with Crippen molar-refractivity contribution in [2.75, 3.05) is 19.0 Å². The van der Waals surface area contributed by atoms with Crippen LogP contribution in [0.4, 0.5) is 20.2 Å². The average molecular weight is 487 g/mol. The highest BCUT2D eigenvalue weighted by molar-refractivity contribution is 6.30. The van der Waals surface area contributed by atoms with Crippen LogP contribution in [0.3, 0.4) is 0 Å². The maximum Gasteiger partial charge on any atom is 0.274 e. The summed E-state index contributed by atoms with van der Waals surface area (Å²) in [6, 6.07) is 8.53. The third-order valence-corrected chi connectivity index (χ3v) is 5.50. The summed E-state index contributed by atoms with van der Waals surface area (Å²) in [5.74, 6) is -1.11. The smallest absolute Gasteiger partial charge is 0.274 e. The molecule has 0 unspecified atom stereocenters. The monoisotopic (exact) mass is 486 g/mol. The summed E-state index contributed by atoms with van der Waals surface area (Å²) >= 11 is 6.24. The zero-order valence-corrected chi connectivity index (χ0v) is 19.1. The molecule has 0 amide bonds. The van der Waals surface area contributed by atoms with Gasteiger partial charge in [0.15, 0.2) is 0 Å². The Kier molecular flexibility index (Phi) is 6.67. The van der Waals surface area contributed by atoms with Crippen LogP contribution in [0.2, 0.25) is 5.02 Å². The Balaban J connectivity index is 1.72. The molecule has 0 aliphatic rings. The van der Waals surface area contributed by atoms with Crippen molar-refractivity contribution in [1.82, 2.24) is 14.1 Å². The van der Waals surface area contributed by atoms with Crippen LogP contribution in [0.1, 0.15) is 17.3 Å². The number of aliphatic hydroxyl groups excluding tert-OH is 1. The number of anilines is 2. The molecule has 2 aromatic carbocycles. The van der Waals surface area contributed by atoms with Gasteiger partial charge in [-0.05, 0) is 31.2 Å². The lowest BCUT2D eigenvalue weighted by Gasteiger charge is -2.20. The van der Waals surface area contributed by atoms with Crippen LogP contribution in [0, 0.1) is 18.6 Å². The fraction of sp³-hybridized carbons (Fsp3) is 0.167. The van der Waals surface area contributed by atoms with Gasteiger partial charge in [-0.15, -0.1) is 0 Å². The first-order valence-corrected chi connectivity index (χ1v) is 10.6. The number of ether oxygens (including phenoxy) is 1. The second-order valence-corrected chi connectivity index (χ2v) is 8.02. The fourth-order valence-electron chi connectivity index (χ4n) is 3.67. The molecule has 34 heavy (non-hydrogen) atoms. The first kappa shape index (κ1) is 23.5. The van der Waals surface area contributed by atoms with Crippen LogP contribution in [0.5, 0.6) is 5.75 Å². The Labute approximate surface area is 198 Å². The van der Waals surface area contributed by atoms with E-state index in [1.807, 2.05) is 17.7 Å². The minimum Gasteiger partial charge on any atom is -0.494 e. The number of pyridine rings is 1. The van der Waals surface area contributed by atoms with Gasteiger partial charge in [-0.25, -0.2) is 13.8 Å². The van der Waals surface area contributed by atoms with E-state index in [0.717, 1.165) is 22.0 Å². The lowest BCUT2D eigenvalue weighted by Crippen LogP contribution is -2.29. The molecule has 0 aliphatic carbocycles. The van der Waals surface area contributed by atoms with Crippen molar-refractivity contribution in [2.45, 2.75) is 13.0 Å². The number of hydrogen-bond donors (Lipinski definition) is 2. The predicted molar refractivity (Wildman–Crippen MR) is 125 cm³/mol. The van der Waals surface area contributed by atoms with Crippen molar-refractivity contribution >= 4 is 23.0 Å². The van der Waals surface area contributed by atoms with Crippen LogP contribution in [0.25, 0.3) is 5.69 Å². The van der Waals surface area contributed by atoms with Gasteiger partial charge in [0, 0.05) is 35.8 Å². The third kappa shape index (κ3) is 4.66. The Morgan fingerprint density at radius 2 is 1.97 bits per heavy atom. The van der Waals surface area contributed by atoms with Crippen molar-refractivity contribution in [2.24, 2.45) is 0 Å². The summed E-state index contributed by atoms with van der Waals surface area (Å²) in [6.45, 7) is 1.27. The number of aromatic nitrogens is 3. The van der Waals surface area contributed by atoms with Crippen molar-refractivity contribution in [1.29, 1.82) is 0 Å². The van der Waals surface area contributed by atoms with Gasteiger partial charge in [-0.2, -0.15) is 0 Å². The summed E-state index contributed by atoms with van der Waals surface area (Å²) in [5, 5.41) is 13.1. The molecular weight excluding hydrogens is 466 g/mol. The van der Waals surface area contributed by atoms with Crippen molar-refractivity contribution in [3.05, 3.63) is 99.5 Å². The fourth-order valence-corrected chi connectivity index (χ4v) is 3.89. The van der Waals surface area contributed by atoms with Crippen molar-refractivity contribution in [3.63, 3.8) is 0 Å². The zero-order valence-electron chi connectivity index (χ0n) is 18.3. The van der Waals surface area contributed by atoms with Crippen LogP contribution < -0.4 is 15.6 Å². The van der Waals surface area contributed by atoms with E-state index in [0.29, 0.717) is 17.5 Å². The van der Waals surface area contributed by atoms with E-state index in [2.05, 4.69) is 10.3 Å². The minimum absolute atomic E-state index is 0.0409. The van der Waals surface area contributed by atoms with Crippen molar-refractivity contribution in [3.8, 4) is 11.4 Å². The number of benzene rings is 2. The SMILES string of the molecule is COc1cc(Nc2cc(Cl)cn([C@@H](CO)c3ccc(F)cc3F)c2=O)ccc1-n1cnc(C)c1. The van der Waals surface area contributed by atoms with E-state index in [1.54, 1.807) is 24.5 Å². The van der Waals surface area contributed by atoms with E-state index < -0.39 is 29.8 Å². The average Bonchev–Trinajstić information content (AvgIpc) is 3.24. The van der Waals surface area contributed by atoms with Crippen molar-refractivity contribution < 1.29 is 18.6 Å². The molecule has 0 saturated carbocycles. The zero-order chi connectivity index (χ0) is 24.4. The highest BCUT2D eigenvalue weighted by Gasteiger charge is 2.21. The molecule has 1 atom stereocenters. The van der Waals surface area contributed by atoms with Gasteiger partial charge in [0.25, 0.3) is 5.56 Å². The summed E-state index contributed by atoms with van der Waals surface area (Å²) in [5.41, 5.74) is 1.64. The molecule has 0 radical (unpaired) electrons. The Morgan fingerprint density at radius 1 is 1.18 bits per heavy atom. The molecule has 2 N–H and O–H groups in total. The number of aryl methyl sites for hydroxylation is 1. The first-order chi connectivity index (χ1) is 16.3. The largest absolute Gasteiger partial charge is 0.494 e. The second kappa shape index (κ2) is 9.66. The number of hydrogen-bond acceptors (Lipinski definition) is 5. The standard InChI is InChI=1S/C24H21ClF2N4O3/c1-14-10-30(13-28-14)21-6-4-17(9-23(21)34-2)29-20-7-15(25)11-31(24(20)33)22(12-32)18-5-3-16(26)8-19(18)27/h3-11,13,22,29,32H,12H2,1-2H3/t22-/m0/s1. The highest BCUT2D eigenvalue weighted by atomic mass is 35.5. The number of imidazole rings is 1. The first-order valence-electron chi connectivity index (χ1n) is 10.2. The molecule has 10 heteroatoms. The molecule has 176 valence electrons. The highest BCUT2D eigenvalue weighted by Crippen LogP contribution is 2.29. The van der Waals surface area contributed by atoms with E-state index in [-0.39, 0.29) is 16.3 Å². The van der Waals surface area contributed by atoms with Crippen LogP contribution >= 0.6 is 11.6 Å². The molecule has 0 aliphatic heterocycles. The number of nitrogens with one attached hydrogen (secondary N) is 1. The van der Waals surface area contributed by atoms with Crippen LogP contribution in [-0.2, 0) is 0 Å². The van der Waals surface area contributed by atoms with E-state index in [4.69, 9.17) is 16.3 Å². The lowest BCUT2D eigenvalue weighted by atomic mass is 10.1. The molecule has 0 bridgehead atoms. The molecule has 2 aromatic heterocycles. The maximum atomic E-state index is 14.4. The quantitative estimate of drug-likeness (QED) is 0.399. The summed E-state index contributed by atoms with van der Waals surface area (Å²) in [7, 11) is 1.53. The number of aliphatic hydroxyl groups is 1. The molecule has 0 spiro atoms. The van der Waals surface area contributed by atoms with Gasteiger partial charge >= 0.3 is 0 Å². The van der Waals surface area contributed by atoms with E-state index in [9.17, 15) is 18.7 Å². The Hall–Kier alpha value is -3.69. The molecule has 0 saturated heterocycles. The molecule has 4 rings (SSSR count). The molecule has 2 heterocycles. The van der Waals surface area contributed by atoms with E-state index >= 15 is 0 Å². The van der Waals surface area contributed by atoms with Gasteiger partial charge in [-0.3, -0.25) is 4.79 Å². The van der Waals surface area contributed by atoms with Crippen LogP contribution in [0.15, 0.2) is 66.0 Å². The Bertz CT molecular complexity index is 1400. The van der Waals surface area contributed by atoms with Gasteiger partial charge in [0.05, 0.1) is 42.5 Å². The minimum atomic E-state index is -1.10. The molecular formula is C24H21ClF2N4O3. The summed E-state index contributed by atoms with van der Waals surface area (Å²) in [6.07, 6.45) is 4.81. The van der Waals surface area contributed by atoms with E-state index in [1.165, 1.54) is 25.4 Å². The molecule has 7 nitrogen and oxygen atoms in total. The number of nitrogens with zero attached hydrogens (tertiary/aromatic N) is 3. The van der Waals surface area contributed by atoms with Gasteiger partial charge in [0.1, 0.15) is 23.1 Å². The van der Waals surface area contributed by atoms with Gasteiger partial charge < -0.3 is 24.3 Å². The predicted octanol–water partition coefficient (Wildman–Crippen LogP) is 4.61. The summed E-state index contributed by atoms with van der Waals surface area (Å²) < 4.78 is 36.2. The maximum absolute atomic E-state index is 14.4. The molecule has 0 fully saturated rings. The second-order valence-electron chi connectivity index (χ2n) is 7.58. The third-order valence-electron chi connectivity index (χ3n) is 5.29. The lowest BCUT2D eigenvalue weighted by molar-refractivity contribution is 0.244. The molecule has 4 aromatic rings. The normalized spacial score (nSPS) is 11.9. The van der Waals surface area contributed by atoms with Gasteiger partial charge in [0.2, 0.25) is 0 Å². The summed E-state index contributed by atoms with van der Waals surface area (Å²) in [4.78, 5) is 17.4. The number of halogens is 3. The van der Waals surface area contributed by atoms with Crippen LogP contribution in [-0.4, -0.2) is 32.9 Å². The number of methoxy groups -OCH3 is 1.